The zero-order chi connectivity index (χ0) is 16.4. The van der Waals surface area contributed by atoms with Gasteiger partial charge in [0.05, 0.1) is 29.6 Å². The number of anilines is 1. The van der Waals surface area contributed by atoms with E-state index in [2.05, 4.69) is 10.3 Å². The van der Waals surface area contributed by atoms with Gasteiger partial charge >= 0.3 is 0 Å². The molecule has 5 heteroatoms. The first-order chi connectivity index (χ1) is 11.1. The van der Waals surface area contributed by atoms with Gasteiger partial charge in [0.25, 0.3) is 5.91 Å². The van der Waals surface area contributed by atoms with Gasteiger partial charge in [-0.15, -0.1) is 0 Å². The number of methoxy groups -OCH3 is 1. The predicted octanol–water partition coefficient (Wildman–Crippen LogP) is 3.51. The van der Waals surface area contributed by atoms with Gasteiger partial charge < -0.3 is 15.2 Å². The average Bonchev–Trinajstić information content (AvgIpc) is 2.55. The second-order valence-electron chi connectivity index (χ2n) is 5.15. The Labute approximate surface area is 133 Å². The van der Waals surface area contributed by atoms with E-state index >= 15 is 0 Å². The predicted molar refractivity (Wildman–Crippen MR) is 89.1 cm³/mol. The largest absolute Gasteiger partial charge is 0.506 e. The number of benzene rings is 2. The van der Waals surface area contributed by atoms with Gasteiger partial charge in [0, 0.05) is 11.5 Å². The first-order valence-electron chi connectivity index (χ1n) is 7.13. The third-order valence-corrected chi connectivity index (χ3v) is 3.61. The number of nitrogens with one attached hydrogen (secondary N) is 1. The number of para-hydroxylation sites is 2. The number of fused-ring (bicyclic) bond motifs is 1. The quantitative estimate of drug-likeness (QED) is 0.726. The number of pyridine rings is 1. The monoisotopic (exact) mass is 308 g/mol. The maximum Gasteiger partial charge on any atom is 0.257 e. The number of phenols is 1. The highest BCUT2D eigenvalue weighted by Gasteiger charge is 2.13. The minimum absolute atomic E-state index is 0.0250. The van der Waals surface area contributed by atoms with Crippen LogP contribution in [0, 0.1) is 6.92 Å². The van der Waals surface area contributed by atoms with Crippen LogP contribution >= 0.6 is 0 Å². The molecule has 0 saturated heterocycles. The number of ether oxygens (including phenoxy) is 1. The lowest BCUT2D eigenvalue weighted by Gasteiger charge is -2.10. The van der Waals surface area contributed by atoms with Gasteiger partial charge in [-0.3, -0.25) is 9.78 Å². The Morgan fingerprint density at radius 3 is 2.70 bits per heavy atom. The molecule has 0 aliphatic rings. The Kier molecular flexibility index (Phi) is 3.85. The highest BCUT2D eigenvalue weighted by molar-refractivity contribution is 6.07. The van der Waals surface area contributed by atoms with E-state index in [4.69, 9.17) is 4.74 Å². The van der Waals surface area contributed by atoms with E-state index < -0.39 is 0 Å². The lowest BCUT2D eigenvalue weighted by Crippen LogP contribution is -2.14. The first kappa shape index (κ1) is 14.8. The van der Waals surface area contributed by atoms with Gasteiger partial charge in [-0.25, -0.2) is 0 Å². The van der Waals surface area contributed by atoms with Gasteiger partial charge in [-0.2, -0.15) is 0 Å². The van der Waals surface area contributed by atoms with Gasteiger partial charge in [0.15, 0.2) is 0 Å². The molecule has 23 heavy (non-hydrogen) atoms. The van der Waals surface area contributed by atoms with Crippen LogP contribution in [-0.4, -0.2) is 23.1 Å². The normalized spacial score (nSPS) is 10.5. The van der Waals surface area contributed by atoms with Crippen LogP contribution in [0.1, 0.15) is 16.1 Å². The van der Waals surface area contributed by atoms with Crippen molar-refractivity contribution in [2.45, 2.75) is 6.92 Å². The van der Waals surface area contributed by atoms with Crippen molar-refractivity contribution in [3.63, 3.8) is 0 Å². The fourth-order valence-electron chi connectivity index (χ4n) is 2.37. The average molecular weight is 308 g/mol. The van der Waals surface area contributed by atoms with Crippen LogP contribution in [0.15, 0.2) is 48.5 Å². The van der Waals surface area contributed by atoms with Crippen molar-refractivity contribution in [2.24, 2.45) is 0 Å². The summed E-state index contributed by atoms with van der Waals surface area (Å²) in [5, 5.41) is 13.3. The highest BCUT2D eigenvalue weighted by Crippen LogP contribution is 2.25. The number of aryl methyl sites for hydroxylation is 1. The molecule has 3 rings (SSSR count). The fourth-order valence-corrected chi connectivity index (χ4v) is 2.37. The summed E-state index contributed by atoms with van der Waals surface area (Å²) in [5.41, 5.74) is 2.21. The summed E-state index contributed by atoms with van der Waals surface area (Å²) in [7, 11) is 1.60. The molecule has 0 bridgehead atoms. The van der Waals surface area contributed by atoms with Gasteiger partial charge in [0.1, 0.15) is 11.5 Å². The van der Waals surface area contributed by atoms with E-state index in [0.717, 1.165) is 16.7 Å². The third kappa shape index (κ3) is 2.94. The minimum Gasteiger partial charge on any atom is -0.506 e. The Hall–Kier alpha value is -3.08. The second kappa shape index (κ2) is 5.96. The molecule has 1 aromatic heterocycles. The number of carbonyl (C=O) groups excluding carboxylic acids is 1. The van der Waals surface area contributed by atoms with Crippen molar-refractivity contribution in [1.29, 1.82) is 0 Å². The number of nitrogens with zero attached hydrogens (tertiary/aromatic N) is 1. The lowest BCUT2D eigenvalue weighted by atomic mass is 10.1. The van der Waals surface area contributed by atoms with Crippen molar-refractivity contribution < 1.29 is 14.6 Å². The number of phenolic OH excluding ortho intramolecular Hbond substituents is 1. The summed E-state index contributed by atoms with van der Waals surface area (Å²) in [6.07, 6.45) is 0. The highest BCUT2D eigenvalue weighted by atomic mass is 16.5. The molecule has 2 aromatic carbocycles. The molecule has 2 N–H and O–H groups in total. The molecule has 3 aromatic rings. The SMILES string of the molecule is COc1ccc2cc(C(=O)Nc3ccccc3O)c(C)nc2c1. The van der Waals surface area contributed by atoms with Crippen molar-refractivity contribution in [1.82, 2.24) is 4.98 Å². The topological polar surface area (TPSA) is 71.5 Å². The molecule has 5 nitrogen and oxygen atoms in total. The fraction of sp³-hybridized carbons (Fsp3) is 0.111. The lowest BCUT2D eigenvalue weighted by molar-refractivity contribution is 0.102. The van der Waals surface area contributed by atoms with Gasteiger partial charge in [0.2, 0.25) is 0 Å². The molecule has 0 fully saturated rings. The Morgan fingerprint density at radius 2 is 1.96 bits per heavy atom. The van der Waals surface area contributed by atoms with Crippen LogP contribution in [0.5, 0.6) is 11.5 Å². The zero-order valence-electron chi connectivity index (χ0n) is 12.8. The minimum atomic E-state index is -0.311. The van der Waals surface area contributed by atoms with E-state index in [1.54, 1.807) is 38.3 Å². The summed E-state index contributed by atoms with van der Waals surface area (Å²) in [6, 6.07) is 13.9. The summed E-state index contributed by atoms with van der Waals surface area (Å²) >= 11 is 0. The van der Waals surface area contributed by atoms with Crippen LogP contribution in [0.25, 0.3) is 10.9 Å². The van der Waals surface area contributed by atoms with Crippen LogP contribution in [-0.2, 0) is 0 Å². The van der Waals surface area contributed by atoms with Crippen molar-refractivity contribution in [2.75, 3.05) is 12.4 Å². The number of aromatic hydroxyl groups is 1. The molecule has 0 aliphatic heterocycles. The van der Waals surface area contributed by atoms with Crippen LogP contribution in [0.3, 0.4) is 0 Å². The molecule has 0 unspecified atom stereocenters. The van der Waals surface area contributed by atoms with E-state index in [-0.39, 0.29) is 11.7 Å². The molecule has 1 heterocycles. The Balaban J connectivity index is 1.97. The zero-order valence-corrected chi connectivity index (χ0v) is 12.8. The molecule has 0 saturated carbocycles. The Morgan fingerprint density at radius 1 is 1.17 bits per heavy atom. The standard InChI is InChI=1S/C18H16N2O3/c1-11-14(18(22)20-15-5-3-4-6-17(15)21)9-12-7-8-13(23-2)10-16(12)19-11/h3-10,21H,1-2H3,(H,20,22). The molecule has 0 aliphatic carbocycles. The number of amides is 1. The van der Waals surface area contributed by atoms with Crippen molar-refractivity contribution in [3.8, 4) is 11.5 Å². The number of rotatable bonds is 3. The second-order valence-corrected chi connectivity index (χ2v) is 5.15. The van der Waals surface area contributed by atoms with Gasteiger partial charge in [-0.05, 0) is 37.3 Å². The molecule has 116 valence electrons. The van der Waals surface area contributed by atoms with E-state index in [9.17, 15) is 9.90 Å². The molecule has 0 radical (unpaired) electrons. The smallest absolute Gasteiger partial charge is 0.257 e. The molecule has 1 amide bonds. The maximum absolute atomic E-state index is 12.5. The summed E-state index contributed by atoms with van der Waals surface area (Å²) in [5.74, 6) is 0.432. The maximum atomic E-state index is 12.5. The summed E-state index contributed by atoms with van der Waals surface area (Å²) < 4.78 is 5.18. The van der Waals surface area contributed by atoms with Crippen molar-refractivity contribution in [3.05, 3.63) is 59.8 Å². The number of aromatic nitrogens is 1. The van der Waals surface area contributed by atoms with Gasteiger partial charge in [-0.1, -0.05) is 12.1 Å². The van der Waals surface area contributed by atoms with Crippen molar-refractivity contribution >= 4 is 22.5 Å². The summed E-state index contributed by atoms with van der Waals surface area (Å²) in [6.45, 7) is 1.78. The van der Waals surface area contributed by atoms with Crippen LogP contribution < -0.4 is 10.1 Å². The molecule has 0 spiro atoms. The molecule has 0 atom stereocenters. The molecular weight excluding hydrogens is 292 g/mol. The van der Waals surface area contributed by atoms with E-state index in [1.165, 1.54) is 6.07 Å². The first-order valence-corrected chi connectivity index (χ1v) is 7.13. The molecular formula is C18H16N2O3. The van der Waals surface area contributed by atoms with E-state index in [0.29, 0.717) is 16.9 Å². The van der Waals surface area contributed by atoms with E-state index in [1.807, 2.05) is 18.2 Å². The number of carbonyl (C=O) groups is 1. The third-order valence-electron chi connectivity index (χ3n) is 3.61. The van der Waals surface area contributed by atoms with Crippen LogP contribution in [0.2, 0.25) is 0 Å². The van der Waals surface area contributed by atoms with Crippen LogP contribution in [0.4, 0.5) is 5.69 Å². The Bertz CT molecular complexity index is 891. The summed E-state index contributed by atoms with van der Waals surface area (Å²) in [4.78, 5) is 16.9. The number of hydrogen-bond donors (Lipinski definition) is 2. The number of hydrogen-bond acceptors (Lipinski definition) is 4.